The lowest BCUT2D eigenvalue weighted by atomic mass is 9.89. The van der Waals surface area contributed by atoms with Crippen LogP contribution in [0.2, 0.25) is 0 Å². The Morgan fingerprint density at radius 1 is 0.939 bits per heavy atom. The first-order valence-corrected chi connectivity index (χ1v) is 12.0. The molecule has 1 atom stereocenters. The summed E-state index contributed by atoms with van der Waals surface area (Å²) in [5, 5.41) is 0. The van der Waals surface area contributed by atoms with Gasteiger partial charge in [0.05, 0.1) is 0 Å². The second-order valence-electron chi connectivity index (χ2n) is 9.64. The van der Waals surface area contributed by atoms with Gasteiger partial charge in [0.25, 0.3) is 0 Å². The van der Waals surface area contributed by atoms with Gasteiger partial charge in [-0.3, -0.25) is 0 Å². The monoisotopic (exact) mass is 436 g/mol. The van der Waals surface area contributed by atoms with Gasteiger partial charge in [0.2, 0.25) is 0 Å². The summed E-state index contributed by atoms with van der Waals surface area (Å²) in [4.78, 5) is 0. The topological polar surface area (TPSA) is 3.01 Å². The van der Waals surface area contributed by atoms with E-state index in [2.05, 4.69) is 123 Å². The molecule has 2 aliphatic carbocycles. The van der Waals surface area contributed by atoms with Gasteiger partial charge in [0.15, 0.2) is 19.0 Å². The number of rotatable bonds is 8. The molecule has 0 spiro atoms. The summed E-state index contributed by atoms with van der Waals surface area (Å²) in [6, 6.07) is 7.08. The molecule has 33 heavy (non-hydrogen) atoms. The average Bonchev–Trinajstić information content (AvgIpc) is 3.07. The van der Waals surface area contributed by atoms with Crippen LogP contribution in [0.5, 0.6) is 0 Å². The van der Waals surface area contributed by atoms with Crippen LogP contribution in [-0.4, -0.2) is 10.8 Å². The van der Waals surface area contributed by atoms with Crippen LogP contribution in [0, 0.1) is 11.3 Å². The molecule has 1 heteroatoms. The SMILES string of the molecule is C=C[N+](=C/C=C\C)Cc1cc(CC2=CC=CC(C)C=C2)cc(CC2=CC(C)(C)C=CC=C2)c1. The molecule has 1 aromatic carbocycles. The summed E-state index contributed by atoms with van der Waals surface area (Å²) in [5.41, 5.74) is 6.79. The van der Waals surface area contributed by atoms with Crippen LogP contribution >= 0.6 is 0 Å². The average molecular weight is 437 g/mol. The maximum absolute atomic E-state index is 4.00. The molecule has 0 radical (unpaired) electrons. The van der Waals surface area contributed by atoms with Gasteiger partial charge >= 0.3 is 0 Å². The maximum atomic E-state index is 4.00. The quantitative estimate of drug-likeness (QED) is 0.288. The molecule has 170 valence electrons. The Labute approximate surface area is 200 Å². The van der Waals surface area contributed by atoms with E-state index in [9.17, 15) is 0 Å². The van der Waals surface area contributed by atoms with E-state index in [-0.39, 0.29) is 5.41 Å². The summed E-state index contributed by atoms with van der Waals surface area (Å²) < 4.78 is 2.13. The fraction of sp³-hybridized carbons (Fsp3) is 0.281. The standard InChI is InChI=1S/C32H38N/c1-6-8-18-33(7-2)25-31-22-29(19-27-14-11-12-26(3)15-16-27)21-30(23-31)20-28-13-9-10-17-32(4,5)24-28/h6-18,21-24,26H,2,19-20,25H2,1,3-5H3/q+1/b8-6-,33-18?. The van der Waals surface area contributed by atoms with Crippen LogP contribution in [0.1, 0.15) is 44.4 Å². The lowest BCUT2D eigenvalue weighted by Gasteiger charge is -2.16. The van der Waals surface area contributed by atoms with Crippen molar-refractivity contribution in [3.8, 4) is 0 Å². The van der Waals surface area contributed by atoms with Crippen molar-refractivity contribution in [1.82, 2.24) is 0 Å². The number of nitrogens with zero attached hydrogens (tertiary/aromatic N) is 1. The highest BCUT2D eigenvalue weighted by molar-refractivity contribution is 5.66. The molecule has 0 saturated heterocycles. The first-order valence-electron chi connectivity index (χ1n) is 12.0. The lowest BCUT2D eigenvalue weighted by Crippen LogP contribution is -2.07. The van der Waals surface area contributed by atoms with Crippen molar-refractivity contribution in [2.45, 2.75) is 47.1 Å². The van der Waals surface area contributed by atoms with Gasteiger partial charge in [0.1, 0.15) is 0 Å². The molecule has 1 unspecified atom stereocenters. The summed E-state index contributed by atoms with van der Waals surface area (Å²) in [7, 11) is 0. The van der Waals surface area contributed by atoms with Crippen molar-refractivity contribution in [3.63, 3.8) is 0 Å². The smallest absolute Gasteiger partial charge is 0.173 e. The number of allylic oxidation sites excluding steroid dienone is 14. The molecule has 0 amide bonds. The van der Waals surface area contributed by atoms with E-state index in [1.54, 1.807) is 0 Å². The van der Waals surface area contributed by atoms with Gasteiger partial charge in [-0.25, -0.2) is 4.58 Å². The molecule has 0 aliphatic heterocycles. The van der Waals surface area contributed by atoms with Crippen LogP contribution in [0.3, 0.4) is 0 Å². The van der Waals surface area contributed by atoms with Gasteiger partial charge in [-0.2, -0.15) is 0 Å². The molecule has 0 bridgehead atoms. The molecule has 0 heterocycles. The molecule has 0 fully saturated rings. The van der Waals surface area contributed by atoms with Crippen LogP contribution < -0.4 is 0 Å². The molecule has 0 saturated carbocycles. The van der Waals surface area contributed by atoms with Crippen molar-refractivity contribution >= 4 is 6.21 Å². The Morgan fingerprint density at radius 2 is 1.67 bits per heavy atom. The normalized spacial score (nSPS) is 19.9. The number of hydrogen-bond donors (Lipinski definition) is 0. The summed E-state index contributed by atoms with van der Waals surface area (Å²) in [5.74, 6) is 0.481. The van der Waals surface area contributed by atoms with Gasteiger partial charge in [0, 0.05) is 11.0 Å². The molecule has 3 rings (SSSR count). The van der Waals surface area contributed by atoms with Crippen molar-refractivity contribution in [2.75, 3.05) is 0 Å². The van der Waals surface area contributed by atoms with Crippen molar-refractivity contribution in [1.29, 1.82) is 0 Å². The molecule has 2 aliphatic rings. The Balaban J connectivity index is 1.94. The van der Waals surface area contributed by atoms with Crippen molar-refractivity contribution in [3.05, 3.63) is 132 Å². The van der Waals surface area contributed by atoms with Crippen LogP contribution in [-0.2, 0) is 19.4 Å². The number of hydrogen-bond acceptors (Lipinski definition) is 0. The molecular weight excluding hydrogens is 398 g/mol. The van der Waals surface area contributed by atoms with Crippen LogP contribution in [0.25, 0.3) is 0 Å². The third-order valence-electron chi connectivity index (χ3n) is 5.84. The van der Waals surface area contributed by atoms with E-state index in [1.165, 1.54) is 27.8 Å². The van der Waals surface area contributed by atoms with Crippen LogP contribution in [0.15, 0.2) is 115 Å². The minimum absolute atomic E-state index is 0.0688. The van der Waals surface area contributed by atoms with Gasteiger partial charge < -0.3 is 0 Å². The third-order valence-corrected chi connectivity index (χ3v) is 5.84. The fourth-order valence-electron chi connectivity index (χ4n) is 4.23. The minimum atomic E-state index is 0.0688. The molecule has 1 nitrogen and oxygen atoms in total. The molecule has 0 N–H and O–H groups in total. The lowest BCUT2D eigenvalue weighted by molar-refractivity contribution is -0.468. The summed E-state index contributed by atoms with van der Waals surface area (Å²) in [6.07, 6.45) is 32.4. The van der Waals surface area contributed by atoms with E-state index in [4.69, 9.17) is 0 Å². The highest BCUT2D eigenvalue weighted by atomic mass is 15.0. The zero-order valence-corrected chi connectivity index (χ0v) is 20.7. The van der Waals surface area contributed by atoms with Gasteiger partial charge in [-0.15, -0.1) is 0 Å². The summed E-state index contributed by atoms with van der Waals surface area (Å²) >= 11 is 0. The van der Waals surface area contributed by atoms with E-state index in [1.807, 2.05) is 19.2 Å². The zero-order chi connectivity index (χ0) is 23.7. The largest absolute Gasteiger partial charge is 0.201 e. The second kappa shape index (κ2) is 11.6. The van der Waals surface area contributed by atoms with E-state index in [0.29, 0.717) is 5.92 Å². The van der Waals surface area contributed by atoms with Gasteiger partial charge in [-0.1, -0.05) is 93.7 Å². The molecule has 0 aromatic heterocycles. The predicted octanol–water partition coefficient (Wildman–Crippen LogP) is 7.84. The first-order chi connectivity index (χ1) is 15.9. The zero-order valence-electron chi connectivity index (χ0n) is 20.7. The van der Waals surface area contributed by atoms with E-state index in [0.717, 1.165) is 19.4 Å². The second-order valence-corrected chi connectivity index (χ2v) is 9.64. The molecule has 1 aromatic rings. The van der Waals surface area contributed by atoms with Crippen molar-refractivity contribution in [2.24, 2.45) is 11.3 Å². The Bertz CT molecular complexity index is 1090. The fourth-order valence-corrected chi connectivity index (χ4v) is 4.23. The highest BCUT2D eigenvalue weighted by Gasteiger charge is 2.14. The minimum Gasteiger partial charge on any atom is -0.201 e. The van der Waals surface area contributed by atoms with Crippen LogP contribution in [0.4, 0.5) is 0 Å². The van der Waals surface area contributed by atoms with Crippen molar-refractivity contribution < 1.29 is 4.58 Å². The van der Waals surface area contributed by atoms with Gasteiger partial charge in [-0.05, 0) is 72.7 Å². The highest BCUT2D eigenvalue weighted by Crippen LogP contribution is 2.27. The summed E-state index contributed by atoms with van der Waals surface area (Å²) in [6.45, 7) is 13.6. The Kier molecular flexibility index (Phi) is 8.60. The predicted molar refractivity (Wildman–Crippen MR) is 145 cm³/mol. The van der Waals surface area contributed by atoms with E-state index < -0.39 is 0 Å². The first kappa shape index (κ1) is 24.5. The molecular formula is C32H38N+. The van der Waals surface area contributed by atoms with E-state index >= 15 is 0 Å². The Morgan fingerprint density at radius 3 is 2.39 bits per heavy atom. The third kappa shape index (κ3) is 8.02. The Hall–Kier alpha value is -3.19. The maximum Gasteiger partial charge on any atom is 0.173 e. The number of benzene rings is 1.